The van der Waals surface area contributed by atoms with Crippen molar-refractivity contribution in [3.8, 4) is 0 Å². The van der Waals surface area contributed by atoms with E-state index < -0.39 is 10.0 Å². The summed E-state index contributed by atoms with van der Waals surface area (Å²) in [5, 5.41) is 2.88. The molecule has 0 unspecified atom stereocenters. The van der Waals surface area contributed by atoms with Crippen LogP contribution in [-0.2, 0) is 14.8 Å². The molecule has 8 heteroatoms. The number of nitrogens with one attached hydrogen (secondary N) is 1. The summed E-state index contributed by atoms with van der Waals surface area (Å²) in [7, 11) is -0.710. The van der Waals surface area contributed by atoms with Crippen molar-refractivity contribution in [2.45, 2.75) is 11.8 Å². The van der Waals surface area contributed by atoms with Crippen molar-refractivity contribution in [2.24, 2.45) is 0 Å². The van der Waals surface area contributed by atoms with Crippen LogP contribution in [0.5, 0.6) is 0 Å². The Kier molecular flexibility index (Phi) is 6.02. The Bertz CT molecular complexity index is 967. The molecule has 0 saturated carbocycles. The maximum Gasteiger partial charge on any atom is 0.257 e. The number of rotatable bonds is 5. The second kappa shape index (κ2) is 8.30. The average molecular weight is 404 g/mol. The highest BCUT2D eigenvalue weighted by Gasteiger charge is 2.24. The molecule has 1 heterocycles. The predicted octanol–water partition coefficient (Wildman–Crippen LogP) is 2.33. The molecule has 150 valence electrons. The number of anilines is 2. The minimum atomic E-state index is -3.65. The zero-order valence-electron chi connectivity index (χ0n) is 16.3. The molecule has 0 radical (unpaired) electrons. The second-order valence-corrected chi connectivity index (χ2v) is 9.04. The number of nitrogens with zero attached hydrogens (tertiary/aromatic N) is 2. The van der Waals surface area contributed by atoms with Crippen molar-refractivity contribution < 1.29 is 17.9 Å². The third-order valence-corrected chi connectivity index (χ3v) is 6.43. The van der Waals surface area contributed by atoms with Gasteiger partial charge in [-0.3, -0.25) is 4.79 Å². The summed E-state index contributed by atoms with van der Waals surface area (Å²) < 4.78 is 31.6. The van der Waals surface area contributed by atoms with Gasteiger partial charge in [-0.05, 0) is 42.8 Å². The summed E-state index contributed by atoms with van der Waals surface area (Å²) in [6.45, 7) is 4.36. The highest BCUT2D eigenvalue weighted by molar-refractivity contribution is 7.89. The van der Waals surface area contributed by atoms with Crippen LogP contribution in [0, 0.1) is 6.92 Å². The van der Waals surface area contributed by atoms with Gasteiger partial charge >= 0.3 is 0 Å². The van der Waals surface area contributed by atoms with Crippen LogP contribution in [-0.4, -0.2) is 59.0 Å². The van der Waals surface area contributed by atoms with Crippen LogP contribution < -0.4 is 10.2 Å². The van der Waals surface area contributed by atoms with Crippen molar-refractivity contribution in [1.82, 2.24) is 4.31 Å². The predicted molar refractivity (Wildman–Crippen MR) is 109 cm³/mol. The molecule has 1 aliphatic rings. The minimum Gasteiger partial charge on any atom is -0.378 e. The van der Waals surface area contributed by atoms with Gasteiger partial charge in [0.25, 0.3) is 5.91 Å². The molecule has 3 rings (SSSR count). The van der Waals surface area contributed by atoms with E-state index in [0.717, 1.165) is 9.87 Å². The third kappa shape index (κ3) is 4.35. The number of hydrogen-bond donors (Lipinski definition) is 1. The molecule has 7 nitrogen and oxygen atoms in total. The number of carbonyl (C=O) groups is 1. The first kappa shape index (κ1) is 20.3. The molecule has 1 aliphatic heterocycles. The lowest BCUT2D eigenvalue weighted by Gasteiger charge is -2.30. The number of hydrogen-bond acceptors (Lipinski definition) is 5. The fraction of sp³-hybridized carbons (Fsp3) is 0.350. The molecule has 1 saturated heterocycles. The van der Waals surface area contributed by atoms with Gasteiger partial charge < -0.3 is 15.0 Å². The Labute approximate surface area is 166 Å². The van der Waals surface area contributed by atoms with Crippen molar-refractivity contribution in [2.75, 3.05) is 50.6 Å². The van der Waals surface area contributed by atoms with E-state index in [0.29, 0.717) is 43.2 Å². The van der Waals surface area contributed by atoms with Crippen molar-refractivity contribution in [3.05, 3.63) is 53.6 Å². The number of morpholine rings is 1. The number of aryl methyl sites for hydroxylation is 1. The highest BCUT2D eigenvalue weighted by Crippen LogP contribution is 2.27. The standard InChI is InChI=1S/C20H25N3O4S/c1-15-5-4-6-16(13-15)21-20(24)18-14-17(28(25,26)22(2)3)7-8-19(18)23-9-11-27-12-10-23/h4-8,13-14H,9-12H2,1-3H3,(H,21,24). The monoisotopic (exact) mass is 403 g/mol. The number of benzene rings is 2. The molecule has 0 spiro atoms. The first-order valence-corrected chi connectivity index (χ1v) is 10.5. The molecule has 28 heavy (non-hydrogen) atoms. The molecule has 0 aliphatic carbocycles. The van der Waals surface area contributed by atoms with Crippen LogP contribution in [0.15, 0.2) is 47.4 Å². The van der Waals surface area contributed by atoms with Gasteiger partial charge in [0.2, 0.25) is 10.0 Å². The van der Waals surface area contributed by atoms with E-state index in [1.54, 1.807) is 18.2 Å². The van der Waals surface area contributed by atoms with Crippen molar-refractivity contribution >= 4 is 27.3 Å². The largest absolute Gasteiger partial charge is 0.378 e. The fourth-order valence-electron chi connectivity index (χ4n) is 3.07. The quantitative estimate of drug-likeness (QED) is 0.829. The van der Waals surface area contributed by atoms with Crippen LogP contribution in [0.2, 0.25) is 0 Å². The van der Waals surface area contributed by atoms with Gasteiger partial charge in [0.05, 0.1) is 23.7 Å². The summed E-state index contributed by atoms with van der Waals surface area (Å²) in [5.74, 6) is -0.345. The normalized spacial score (nSPS) is 14.9. The number of sulfonamides is 1. The highest BCUT2D eigenvalue weighted by atomic mass is 32.2. The summed E-state index contributed by atoms with van der Waals surface area (Å²) >= 11 is 0. The zero-order chi connectivity index (χ0) is 20.3. The number of amides is 1. The van der Waals surface area contributed by atoms with Gasteiger partial charge in [0.15, 0.2) is 0 Å². The molecule has 1 amide bonds. The van der Waals surface area contributed by atoms with Gasteiger partial charge in [0, 0.05) is 38.6 Å². The average Bonchev–Trinajstić information content (AvgIpc) is 2.68. The van der Waals surface area contributed by atoms with E-state index in [4.69, 9.17) is 4.74 Å². The van der Waals surface area contributed by atoms with E-state index >= 15 is 0 Å². The first-order valence-electron chi connectivity index (χ1n) is 9.06. The molecule has 1 N–H and O–H groups in total. The number of carbonyl (C=O) groups excluding carboxylic acids is 1. The lowest BCUT2D eigenvalue weighted by atomic mass is 10.1. The first-order chi connectivity index (χ1) is 13.3. The van der Waals surface area contributed by atoms with E-state index in [2.05, 4.69) is 5.32 Å². The molecule has 0 bridgehead atoms. The molecule has 2 aromatic carbocycles. The molecule has 2 aromatic rings. The maximum absolute atomic E-state index is 13.1. The molecule has 0 aromatic heterocycles. The minimum absolute atomic E-state index is 0.0869. The SMILES string of the molecule is Cc1cccc(NC(=O)c2cc(S(=O)(=O)N(C)C)ccc2N2CCOCC2)c1. The molecule has 1 fully saturated rings. The summed E-state index contributed by atoms with van der Waals surface area (Å²) in [5.41, 5.74) is 2.71. The Balaban J connectivity index is 2.02. The van der Waals surface area contributed by atoms with E-state index in [1.807, 2.05) is 30.0 Å². The summed E-state index contributed by atoms with van der Waals surface area (Å²) in [4.78, 5) is 15.2. The van der Waals surface area contributed by atoms with E-state index in [9.17, 15) is 13.2 Å². The topological polar surface area (TPSA) is 79.0 Å². The lowest BCUT2D eigenvalue weighted by molar-refractivity contribution is 0.102. The Morgan fingerprint density at radius 3 is 2.46 bits per heavy atom. The van der Waals surface area contributed by atoms with Crippen LogP contribution in [0.25, 0.3) is 0 Å². The smallest absolute Gasteiger partial charge is 0.257 e. The van der Waals surface area contributed by atoms with Crippen LogP contribution in [0.1, 0.15) is 15.9 Å². The fourth-order valence-corrected chi connectivity index (χ4v) is 4.00. The van der Waals surface area contributed by atoms with Crippen molar-refractivity contribution in [3.63, 3.8) is 0 Å². The lowest BCUT2D eigenvalue weighted by Crippen LogP contribution is -2.37. The molecular formula is C20H25N3O4S. The van der Waals surface area contributed by atoms with Crippen molar-refractivity contribution in [1.29, 1.82) is 0 Å². The van der Waals surface area contributed by atoms with Crippen LogP contribution >= 0.6 is 0 Å². The van der Waals surface area contributed by atoms with Gasteiger partial charge in [-0.2, -0.15) is 0 Å². The molecular weight excluding hydrogens is 378 g/mol. The van der Waals surface area contributed by atoms with Gasteiger partial charge in [0.1, 0.15) is 0 Å². The maximum atomic E-state index is 13.1. The van der Waals surface area contributed by atoms with Gasteiger partial charge in [-0.1, -0.05) is 12.1 Å². The van der Waals surface area contributed by atoms with Gasteiger partial charge in [-0.15, -0.1) is 0 Å². The zero-order valence-corrected chi connectivity index (χ0v) is 17.1. The Morgan fingerprint density at radius 2 is 1.82 bits per heavy atom. The molecule has 0 atom stereocenters. The summed E-state index contributed by atoms with van der Waals surface area (Å²) in [6, 6.07) is 12.2. The van der Waals surface area contributed by atoms with Crippen LogP contribution in [0.3, 0.4) is 0 Å². The van der Waals surface area contributed by atoms with Crippen LogP contribution in [0.4, 0.5) is 11.4 Å². The third-order valence-electron chi connectivity index (χ3n) is 4.62. The summed E-state index contributed by atoms with van der Waals surface area (Å²) in [6.07, 6.45) is 0. The Morgan fingerprint density at radius 1 is 1.11 bits per heavy atom. The van der Waals surface area contributed by atoms with Gasteiger partial charge in [-0.25, -0.2) is 12.7 Å². The Hall–Kier alpha value is -2.42. The second-order valence-electron chi connectivity index (χ2n) is 6.89. The van der Waals surface area contributed by atoms with E-state index in [1.165, 1.54) is 20.2 Å². The number of ether oxygens (including phenoxy) is 1. The van der Waals surface area contributed by atoms with E-state index in [-0.39, 0.29) is 10.8 Å².